The van der Waals surface area contributed by atoms with Gasteiger partial charge in [-0.1, -0.05) is 24.6 Å². The number of ether oxygens (including phenoxy) is 1. The summed E-state index contributed by atoms with van der Waals surface area (Å²) in [5, 5.41) is 6.10. The summed E-state index contributed by atoms with van der Waals surface area (Å²) in [7, 11) is 1.62. The summed E-state index contributed by atoms with van der Waals surface area (Å²) < 4.78 is 10.7. The maximum atomic E-state index is 13.0. The Bertz CT molecular complexity index is 804. The Kier molecular flexibility index (Phi) is 5.11. The van der Waals surface area contributed by atoms with Gasteiger partial charge in [0.15, 0.2) is 0 Å². The maximum absolute atomic E-state index is 13.0. The molecule has 0 fully saturated rings. The Labute approximate surface area is 145 Å². The van der Waals surface area contributed by atoms with Crippen LogP contribution in [0.15, 0.2) is 46.3 Å². The highest BCUT2D eigenvalue weighted by Crippen LogP contribution is 2.31. The number of benzene rings is 1. The fourth-order valence-electron chi connectivity index (χ4n) is 2.54. The number of thiophene rings is 1. The lowest BCUT2D eigenvalue weighted by Crippen LogP contribution is -2.03. The molecule has 0 radical (unpaired) electrons. The van der Waals surface area contributed by atoms with Crippen LogP contribution in [0, 0.1) is 0 Å². The number of hydrogen-bond donors (Lipinski definition) is 0. The highest BCUT2D eigenvalue weighted by molar-refractivity contribution is 7.12. The first kappa shape index (κ1) is 16.5. The Hall–Kier alpha value is -2.40. The predicted octanol–water partition coefficient (Wildman–Crippen LogP) is 4.99. The molecule has 0 aliphatic carbocycles. The average molecular weight is 341 g/mol. The van der Waals surface area contributed by atoms with Crippen molar-refractivity contribution in [1.82, 2.24) is 5.16 Å². The lowest BCUT2D eigenvalue weighted by atomic mass is 9.99. The fourth-order valence-corrected chi connectivity index (χ4v) is 3.21. The van der Waals surface area contributed by atoms with Gasteiger partial charge in [0.2, 0.25) is 5.78 Å². The maximum Gasteiger partial charge on any atom is 0.208 e. The molecule has 0 unspecified atom stereocenters. The van der Waals surface area contributed by atoms with Crippen LogP contribution in [0.1, 0.15) is 40.8 Å². The smallest absolute Gasteiger partial charge is 0.208 e. The topological polar surface area (TPSA) is 52.3 Å². The van der Waals surface area contributed by atoms with Gasteiger partial charge in [-0.15, -0.1) is 11.3 Å². The average Bonchev–Trinajstić information content (AvgIpc) is 3.29. The molecule has 0 atom stereocenters. The van der Waals surface area contributed by atoms with Crippen LogP contribution in [0.25, 0.3) is 11.3 Å². The molecule has 4 nitrogen and oxygen atoms in total. The van der Waals surface area contributed by atoms with Crippen LogP contribution < -0.4 is 4.74 Å². The zero-order valence-corrected chi connectivity index (χ0v) is 14.6. The molecule has 0 amide bonds. The quantitative estimate of drug-likeness (QED) is 0.568. The largest absolute Gasteiger partial charge is 0.497 e. The third-order valence-corrected chi connectivity index (χ3v) is 4.72. The molecule has 3 aromatic rings. The number of unbranched alkanes of at least 4 members (excludes halogenated alkanes) is 1. The minimum absolute atomic E-state index is 0.0248. The molecular formula is C19H19NO3S. The highest BCUT2D eigenvalue weighted by Gasteiger charge is 2.25. The fraction of sp³-hybridized carbons (Fsp3) is 0.263. The predicted molar refractivity (Wildman–Crippen MR) is 94.9 cm³/mol. The minimum Gasteiger partial charge on any atom is -0.497 e. The molecule has 24 heavy (non-hydrogen) atoms. The van der Waals surface area contributed by atoms with Crippen molar-refractivity contribution in [2.45, 2.75) is 26.2 Å². The molecule has 0 aliphatic heterocycles. The molecule has 0 saturated carbocycles. The minimum atomic E-state index is -0.0248. The molecule has 0 saturated heterocycles. The first-order chi connectivity index (χ1) is 11.7. The van der Waals surface area contributed by atoms with E-state index in [0.717, 1.165) is 24.2 Å². The number of nitrogens with zero attached hydrogens (tertiary/aromatic N) is 1. The van der Waals surface area contributed by atoms with Crippen LogP contribution >= 0.6 is 11.3 Å². The van der Waals surface area contributed by atoms with E-state index in [1.807, 2.05) is 41.8 Å². The van der Waals surface area contributed by atoms with Crippen molar-refractivity contribution in [2.24, 2.45) is 0 Å². The van der Waals surface area contributed by atoms with Gasteiger partial charge in [-0.3, -0.25) is 4.79 Å². The molecular weight excluding hydrogens is 322 g/mol. The molecule has 2 aromatic heterocycles. The van der Waals surface area contributed by atoms with E-state index >= 15 is 0 Å². The van der Waals surface area contributed by atoms with E-state index in [0.29, 0.717) is 28.3 Å². The van der Waals surface area contributed by atoms with Crippen molar-refractivity contribution in [1.29, 1.82) is 0 Å². The first-order valence-corrected chi connectivity index (χ1v) is 8.83. The second kappa shape index (κ2) is 7.45. The van der Waals surface area contributed by atoms with Crippen LogP contribution in [-0.4, -0.2) is 18.0 Å². The van der Waals surface area contributed by atoms with Crippen LogP contribution in [0.2, 0.25) is 0 Å². The van der Waals surface area contributed by atoms with Crippen molar-refractivity contribution in [3.05, 3.63) is 58.0 Å². The van der Waals surface area contributed by atoms with Gasteiger partial charge >= 0.3 is 0 Å². The molecule has 0 aliphatic rings. The Morgan fingerprint density at radius 3 is 2.67 bits per heavy atom. The molecule has 1 aromatic carbocycles. The summed E-state index contributed by atoms with van der Waals surface area (Å²) in [5.41, 5.74) is 2.03. The van der Waals surface area contributed by atoms with Crippen molar-refractivity contribution in [3.63, 3.8) is 0 Å². The molecule has 3 rings (SSSR count). The van der Waals surface area contributed by atoms with Crippen LogP contribution in [-0.2, 0) is 6.42 Å². The van der Waals surface area contributed by atoms with Gasteiger partial charge in [0.25, 0.3) is 0 Å². The second-order valence-electron chi connectivity index (χ2n) is 5.47. The van der Waals surface area contributed by atoms with Gasteiger partial charge in [-0.2, -0.15) is 0 Å². The third kappa shape index (κ3) is 3.26. The lowest BCUT2D eigenvalue weighted by molar-refractivity contribution is 0.104. The van der Waals surface area contributed by atoms with Gasteiger partial charge in [0, 0.05) is 12.0 Å². The summed E-state index contributed by atoms with van der Waals surface area (Å²) in [6, 6.07) is 11.2. The number of methoxy groups -OCH3 is 1. The van der Waals surface area contributed by atoms with E-state index in [2.05, 4.69) is 12.1 Å². The van der Waals surface area contributed by atoms with Gasteiger partial charge in [-0.25, -0.2) is 0 Å². The lowest BCUT2D eigenvalue weighted by Gasteiger charge is -2.04. The number of rotatable bonds is 7. The van der Waals surface area contributed by atoms with Gasteiger partial charge < -0.3 is 9.26 Å². The van der Waals surface area contributed by atoms with Crippen molar-refractivity contribution < 1.29 is 14.1 Å². The van der Waals surface area contributed by atoms with E-state index in [9.17, 15) is 4.79 Å². The zero-order valence-electron chi connectivity index (χ0n) is 13.7. The molecule has 0 bridgehead atoms. The third-order valence-electron chi connectivity index (χ3n) is 3.86. The number of aromatic nitrogens is 1. The van der Waals surface area contributed by atoms with Crippen molar-refractivity contribution >= 4 is 17.1 Å². The number of carbonyl (C=O) groups excluding carboxylic acids is 1. The standard InChI is InChI=1S/C19H19NO3S/c1-3-4-6-15-17(19(21)16-7-5-12-24-16)18(20-23-15)13-8-10-14(22-2)11-9-13/h5,7-12H,3-4,6H2,1-2H3. The normalized spacial score (nSPS) is 10.8. The number of aryl methyl sites for hydroxylation is 1. The Morgan fingerprint density at radius 1 is 1.25 bits per heavy atom. The summed E-state index contributed by atoms with van der Waals surface area (Å²) in [4.78, 5) is 13.7. The summed E-state index contributed by atoms with van der Waals surface area (Å²) in [6.45, 7) is 2.11. The number of ketones is 1. The SMILES string of the molecule is CCCCc1onc(-c2ccc(OC)cc2)c1C(=O)c1cccs1. The Morgan fingerprint density at radius 2 is 2.04 bits per heavy atom. The van der Waals surface area contributed by atoms with E-state index < -0.39 is 0 Å². The molecule has 124 valence electrons. The van der Waals surface area contributed by atoms with Gasteiger partial charge in [-0.05, 0) is 42.1 Å². The molecule has 0 N–H and O–H groups in total. The monoisotopic (exact) mass is 341 g/mol. The van der Waals surface area contributed by atoms with Crippen molar-refractivity contribution in [2.75, 3.05) is 7.11 Å². The molecule has 5 heteroatoms. The first-order valence-electron chi connectivity index (χ1n) is 7.95. The number of carbonyl (C=O) groups is 1. The van der Waals surface area contributed by atoms with Crippen molar-refractivity contribution in [3.8, 4) is 17.0 Å². The Balaban J connectivity index is 2.04. The summed E-state index contributed by atoms with van der Waals surface area (Å²) in [6.07, 6.45) is 2.71. The summed E-state index contributed by atoms with van der Waals surface area (Å²) >= 11 is 1.43. The van der Waals surface area contributed by atoms with Crippen LogP contribution in [0.3, 0.4) is 0 Å². The highest BCUT2D eigenvalue weighted by atomic mass is 32.1. The van der Waals surface area contributed by atoms with E-state index in [1.54, 1.807) is 7.11 Å². The molecule has 2 heterocycles. The van der Waals surface area contributed by atoms with Gasteiger partial charge in [0.1, 0.15) is 17.2 Å². The zero-order chi connectivity index (χ0) is 16.9. The van der Waals surface area contributed by atoms with Crippen LogP contribution in [0.4, 0.5) is 0 Å². The second-order valence-corrected chi connectivity index (χ2v) is 6.42. The van der Waals surface area contributed by atoms with Crippen LogP contribution in [0.5, 0.6) is 5.75 Å². The molecule has 0 spiro atoms. The van der Waals surface area contributed by atoms with E-state index in [-0.39, 0.29) is 5.78 Å². The van der Waals surface area contributed by atoms with E-state index in [4.69, 9.17) is 9.26 Å². The summed E-state index contributed by atoms with van der Waals surface area (Å²) in [5.74, 6) is 1.41. The van der Waals surface area contributed by atoms with Gasteiger partial charge in [0.05, 0.1) is 17.6 Å². The van der Waals surface area contributed by atoms with E-state index in [1.165, 1.54) is 11.3 Å². The number of hydrogen-bond acceptors (Lipinski definition) is 5.